The van der Waals surface area contributed by atoms with Crippen molar-refractivity contribution in [2.75, 3.05) is 5.73 Å². The summed E-state index contributed by atoms with van der Waals surface area (Å²) in [5.41, 5.74) is 6.71. The van der Waals surface area contributed by atoms with Crippen molar-refractivity contribution < 1.29 is 22.7 Å². The molecule has 0 bridgehead atoms. The van der Waals surface area contributed by atoms with E-state index >= 15 is 0 Å². The van der Waals surface area contributed by atoms with E-state index in [4.69, 9.17) is 5.73 Å². The Morgan fingerprint density at radius 1 is 0.900 bits per heavy atom. The summed E-state index contributed by atoms with van der Waals surface area (Å²) in [6.07, 6.45) is -4.75. The number of hydrogen-bond donors (Lipinski definition) is 1. The monoisotopic (exact) mass is 281 g/mol. The normalized spacial score (nSPS) is 11.2. The molecule has 0 radical (unpaired) electrons. The standard InChI is InChI=1S/C14H10F3NO2/c15-14(16,17)20-12-7-3-10(4-8-12)13(19)9-1-5-11(18)6-2-9/h1-8H,18H2. The minimum atomic E-state index is -4.75. The van der Waals surface area contributed by atoms with Gasteiger partial charge in [0.1, 0.15) is 5.75 Å². The first kappa shape index (κ1) is 13.9. The summed E-state index contributed by atoms with van der Waals surface area (Å²) in [6.45, 7) is 0. The minimum absolute atomic E-state index is 0.268. The van der Waals surface area contributed by atoms with Gasteiger partial charge in [0, 0.05) is 16.8 Å². The van der Waals surface area contributed by atoms with Gasteiger partial charge < -0.3 is 10.5 Å². The van der Waals surface area contributed by atoms with Gasteiger partial charge >= 0.3 is 6.36 Å². The maximum absolute atomic E-state index is 12.1. The molecular weight excluding hydrogens is 271 g/mol. The molecule has 104 valence electrons. The van der Waals surface area contributed by atoms with Crippen LogP contribution < -0.4 is 10.5 Å². The fraction of sp³-hybridized carbons (Fsp3) is 0.0714. The Labute approximate surface area is 112 Å². The fourth-order valence-electron chi connectivity index (χ4n) is 1.61. The first-order valence-corrected chi connectivity index (χ1v) is 5.61. The predicted octanol–water partition coefficient (Wildman–Crippen LogP) is 3.40. The lowest BCUT2D eigenvalue weighted by atomic mass is 10.0. The van der Waals surface area contributed by atoms with Crippen LogP contribution in [0.3, 0.4) is 0 Å². The highest BCUT2D eigenvalue weighted by Gasteiger charge is 2.31. The molecular formula is C14H10F3NO2. The number of ether oxygens (including phenoxy) is 1. The van der Waals surface area contributed by atoms with Crippen molar-refractivity contribution in [1.29, 1.82) is 0 Å². The average Bonchev–Trinajstić information content (AvgIpc) is 2.38. The van der Waals surface area contributed by atoms with Crippen LogP contribution in [-0.4, -0.2) is 12.1 Å². The smallest absolute Gasteiger partial charge is 0.406 e. The van der Waals surface area contributed by atoms with E-state index in [9.17, 15) is 18.0 Å². The summed E-state index contributed by atoms with van der Waals surface area (Å²) in [7, 11) is 0. The topological polar surface area (TPSA) is 52.3 Å². The second kappa shape index (κ2) is 5.24. The lowest BCUT2D eigenvalue weighted by Gasteiger charge is -2.09. The number of carbonyl (C=O) groups excluding carboxylic acids is 1. The molecule has 0 aliphatic carbocycles. The first-order valence-electron chi connectivity index (χ1n) is 5.61. The van der Waals surface area contributed by atoms with E-state index in [1.54, 1.807) is 24.3 Å². The van der Waals surface area contributed by atoms with E-state index in [0.717, 1.165) is 12.1 Å². The van der Waals surface area contributed by atoms with Crippen LogP contribution in [0.5, 0.6) is 5.75 Å². The van der Waals surface area contributed by atoms with Crippen molar-refractivity contribution >= 4 is 11.5 Å². The summed E-state index contributed by atoms with van der Waals surface area (Å²) in [5, 5.41) is 0. The van der Waals surface area contributed by atoms with Gasteiger partial charge in [0.25, 0.3) is 0 Å². The Balaban J connectivity index is 2.17. The molecule has 0 atom stereocenters. The molecule has 0 heterocycles. The van der Waals surface area contributed by atoms with Crippen molar-refractivity contribution in [1.82, 2.24) is 0 Å². The minimum Gasteiger partial charge on any atom is -0.406 e. The quantitative estimate of drug-likeness (QED) is 0.693. The number of benzene rings is 2. The SMILES string of the molecule is Nc1ccc(C(=O)c2ccc(OC(F)(F)F)cc2)cc1. The number of hydrogen-bond acceptors (Lipinski definition) is 3. The molecule has 2 aromatic rings. The third kappa shape index (κ3) is 3.50. The highest BCUT2D eigenvalue weighted by Crippen LogP contribution is 2.23. The van der Waals surface area contributed by atoms with Crippen LogP contribution in [0.15, 0.2) is 48.5 Å². The Kier molecular flexibility index (Phi) is 3.65. The average molecular weight is 281 g/mol. The lowest BCUT2D eigenvalue weighted by Crippen LogP contribution is -2.17. The van der Waals surface area contributed by atoms with E-state index in [1.807, 2.05) is 0 Å². The molecule has 0 saturated heterocycles. The van der Waals surface area contributed by atoms with Crippen LogP contribution in [0.2, 0.25) is 0 Å². The zero-order valence-electron chi connectivity index (χ0n) is 10.1. The second-order valence-corrected chi connectivity index (χ2v) is 4.02. The number of rotatable bonds is 3. The van der Waals surface area contributed by atoms with E-state index in [0.29, 0.717) is 11.3 Å². The molecule has 2 N–H and O–H groups in total. The van der Waals surface area contributed by atoms with Crippen molar-refractivity contribution in [3.05, 3.63) is 59.7 Å². The summed E-state index contributed by atoms with van der Waals surface area (Å²) < 4.78 is 39.7. The zero-order valence-corrected chi connectivity index (χ0v) is 10.1. The van der Waals surface area contributed by atoms with Crippen LogP contribution in [0.25, 0.3) is 0 Å². The molecule has 0 saturated carbocycles. The van der Waals surface area contributed by atoms with Crippen LogP contribution in [0, 0.1) is 0 Å². The Hall–Kier alpha value is -2.50. The largest absolute Gasteiger partial charge is 0.573 e. The highest BCUT2D eigenvalue weighted by molar-refractivity contribution is 6.09. The number of carbonyl (C=O) groups is 1. The number of nitrogen functional groups attached to an aromatic ring is 1. The maximum Gasteiger partial charge on any atom is 0.573 e. The van der Waals surface area contributed by atoms with E-state index in [-0.39, 0.29) is 17.1 Å². The Morgan fingerprint density at radius 3 is 1.80 bits per heavy atom. The second-order valence-electron chi connectivity index (χ2n) is 4.02. The summed E-state index contributed by atoms with van der Waals surface area (Å²) >= 11 is 0. The van der Waals surface area contributed by atoms with Crippen LogP contribution >= 0.6 is 0 Å². The van der Waals surface area contributed by atoms with Crippen molar-refractivity contribution in [3.8, 4) is 5.75 Å². The number of anilines is 1. The number of ketones is 1. The van der Waals surface area contributed by atoms with Gasteiger partial charge in [0.2, 0.25) is 0 Å². The molecule has 0 aliphatic rings. The van der Waals surface area contributed by atoms with Crippen molar-refractivity contribution in [2.24, 2.45) is 0 Å². The van der Waals surface area contributed by atoms with Gasteiger partial charge in [-0.3, -0.25) is 4.79 Å². The summed E-state index contributed by atoms with van der Waals surface area (Å²) in [4.78, 5) is 12.1. The van der Waals surface area contributed by atoms with Gasteiger partial charge in [-0.25, -0.2) is 0 Å². The molecule has 2 aromatic carbocycles. The molecule has 0 amide bonds. The van der Waals surface area contributed by atoms with E-state index in [1.165, 1.54) is 12.1 Å². The van der Waals surface area contributed by atoms with Crippen molar-refractivity contribution in [3.63, 3.8) is 0 Å². The Bertz CT molecular complexity index is 604. The molecule has 0 aromatic heterocycles. The van der Waals surface area contributed by atoms with Crippen LogP contribution in [0.1, 0.15) is 15.9 Å². The molecule has 0 unspecified atom stereocenters. The highest BCUT2D eigenvalue weighted by atomic mass is 19.4. The Morgan fingerprint density at radius 2 is 1.35 bits per heavy atom. The molecule has 0 fully saturated rings. The lowest BCUT2D eigenvalue weighted by molar-refractivity contribution is -0.274. The zero-order chi connectivity index (χ0) is 14.8. The van der Waals surface area contributed by atoms with Gasteiger partial charge in [0.15, 0.2) is 5.78 Å². The molecule has 3 nitrogen and oxygen atoms in total. The predicted molar refractivity (Wildman–Crippen MR) is 67.4 cm³/mol. The molecule has 6 heteroatoms. The third-order valence-electron chi connectivity index (χ3n) is 2.52. The van der Waals surface area contributed by atoms with E-state index < -0.39 is 6.36 Å². The van der Waals surface area contributed by atoms with Gasteiger partial charge in [0.05, 0.1) is 0 Å². The van der Waals surface area contributed by atoms with Crippen LogP contribution in [-0.2, 0) is 0 Å². The van der Waals surface area contributed by atoms with Crippen LogP contribution in [0.4, 0.5) is 18.9 Å². The van der Waals surface area contributed by atoms with Gasteiger partial charge in [-0.15, -0.1) is 13.2 Å². The van der Waals surface area contributed by atoms with Crippen molar-refractivity contribution in [2.45, 2.75) is 6.36 Å². The summed E-state index contributed by atoms with van der Waals surface area (Å²) in [5.74, 6) is -0.671. The fourth-order valence-corrected chi connectivity index (χ4v) is 1.61. The van der Waals surface area contributed by atoms with Gasteiger partial charge in [-0.2, -0.15) is 0 Å². The molecule has 20 heavy (non-hydrogen) atoms. The molecule has 0 aliphatic heterocycles. The summed E-state index contributed by atoms with van der Waals surface area (Å²) in [6, 6.07) is 11.0. The van der Waals surface area contributed by atoms with Gasteiger partial charge in [-0.1, -0.05) is 0 Å². The first-order chi connectivity index (χ1) is 9.35. The third-order valence-corrected chi connectivity index (χ3v) is 2.52. The number of nitrogens with two attached hydrogens (primary N) is 1. The molecule has 0 spiro atoms. The number of halogens is 3. The van der Waals surface area contributed by atoms with E-state index in [2.05, 4.69) is 4.74 Å². The van der Waals surface area contributed by atoms with Gasteiger partial charge in [-0.05, 0) is 48.5 Å². The maximum atomic E-state index is 12.1. The molecule has 2 rings (SSSR count). The number of alkyl halides is 3.